The highest BCUT2D eigenvalue weighted by Gasteiger charge is 2.34. The number of benzene rings is 3. The van der Waals surface area contributed by atoms with E-state index in [1.165, 1.54) is 31.4 Å². The predicted molar refractivity (Wildman–Crippen MR) is 148 cm³/mol. The molecular formula is C30H30F4N4O3. The lowest BCUT2D eigenvalue weighted by molar-refractivity contribution is -0.137. The number of nitrogens with zero attached hydrogens (tertiary/aromatic N) is 2. The van der Waals surface area contributed by atoms with Gasteiger partial charge in [-0.05, 0) is 47.9 Å². The summed E-state index contributed by atoms with van der Waals surface area (Å²) in [6.45, 7) is 0.0648. The molecule has 216 valence electrons. The number of H-pyrrole nitrogens is 1. The van der Waals surface area contributed by atoms with Gasteiger partial charge >= 0.3 is 12.2 Å². The summed E-state index contributed by atoms with van der Waals surface area (Å²) < 4.78 is 59.0. The van der Waals surface area contributed by atoms with Crippen molar-refractivity contribution in [3.05, 3.63) is 102 Å². The van der Waals surface area contributed by atoms with E-state index < -0.39 is 41.7 Å². The first-order valence-electron chi connectivity index (χ1n) is 12.9. The Labute approximate surface area is 234 Å². The second-order valence-corrected chi connectivity index (χ2v) is 9.44. The molecule has 0 atom stereocenters. The van der Waals surface area contributed by atoms with Crippen molar-refractivity contribution in [1.29, 1.82) is 0 Å². The molecule has 41 heavy (non-hydrogen) atoms. The van der Waals surface area contributed by atoms with Crippen LogP contribution in [-0.2, 0) is 28.7 Å². The van der Waals surface area contributed by atoms with Gasteiger partial charge in [0.25, 0.3) is 0 Å². The van der Waals surface area contributed by atoms with E-state index in [2.05, 4.69) is 10.3 Å². The van der Waals surface area contributed by atoms with Crippen LogP contribution < -0.4 is 5.32 Å². The molecule has 0 aliphatic rings. The lowest BCUT2D eigenvalue weighted by atomic mass is 10.1. The molecule has 11 heteroatoms. The van der Waals surface area contributed by atoms with Gasteiger partial charge in [-0.1, -0.05) is 42.5 Å². The van der Waals surface area contributed by atoms with Crippen LogP contribution in [0.4, 0.5) is 28.0 Å². The molecule has 2 N–H and O–H groups in total. The summed E-state index contributed by atoms with van der Waals surface area (Å²) in [7, 11) is 1.42. The van der Waals surface area contributed by atoms with Crippen molar-refractivity contribution in [3.8, 4) is 0 Å². The minimum Gasteiger partial charge on any atom is -0.383 e. The van der Waals surface area contributed by atoms with Gasteiger partial charge in [0.1, 0.15) is 12.4 Å². The Kier molecular flexibility index (Phi) is 9.61. The van der Waals surface area contributed by atoms with Gasteiger partial charge in [-0.3, -0.25) is 4.79 Å². The van der Waals surface area contributed by atoms with Crippen molar-refractivity contribution in [3.63, 3.8) is 0 Å². The van der Waals surface area contributed by atoms with E-state index in [4.69, 9.17) is 4.74 Å². The monoisotopic (exact) mass is 570 g/mol. The predicted octanol–water partition coefficient (Wildman–Crippen LogP) is 6.08. The average molecular weight is 571 g/mol. The number of nitrogens with one attached hydrogen (secondary N) is 2. The van der Waals surface area contributed by atoms with E-state index in [9.17, 15) is 27.2 Å². The van der Waals surface area contributed by atoms with E-state index >= 15 is 0 Å². The van der Waals surface area contributed by atoms with Gasteiger partial charge in [-0.2, -0.15) is 13.2 Å². The van der Waals surface area contributed by atoms with Crippen LogP contribution >= 0.6 is 0 Å². The number of fused-ring (bicyclic) bond motifs is 1. The van der Waals surface area contributed by atoms with Crippen LogP contribution in [0.15, 0.2) is 79.0 Å². The molecule has 3 aromatic carbocycles. The highest BCUT2D eigenvalue weighted by Crippen LogP contribution is 2.34. The lowest BCUT2D eigenvalue weighted by Crippen LogP contribution is -2.46. The van der Waals surface area contributed by atoms with Crippen molar-refractivity contribution < 1.29 is 31.9 Å². The van der Waals surface area contributed by atoms with Gasteiger partial charge in [-0.15, -0.1) is 0 Å². The van der Waals surface area contributed by atoms with Crippen molar-refractivity contribution in [2.24, 2.45) is 0 Å². The van der Waals surface area contributed by atoms with Gasteiger partial charge < -0.3 is 24.8 Å². The number of ether oxygens (including phenoxy) is 1. The normalized spacial score (nSPS) is 11.4. The van der Waals surface area contributed by atoms with Crippen molar-refractivity contribution in [1.82, 2.24) is 14.8 Å². The van der Waals surface area contributed by atoms with E-state index in [1.807, 2.05) is 30.5 Å². The molecule has 0 fully saturated rings. The standard InChI is InChI=1S/C30H30F4N4O3/c1-41-17-16-38(29(40)36-27-9-5-3-7-25(27)30(32,33)34)20-28(39)37(19-21-10-12-23(31)13-11-21)15-14-22-18-35-26-8-4-2-6-24(22)26/h2-13,18,35H,14-17,19-20H2,1H3,(H,36,40). The van der Waals surface area contributed by atoms with E-state index in [-0.39, 0.29) is 26.2 Å². The Morgan fingerprint density at radius 3 is 2.37 bits per heavy atom. The summed E-state index contributed by atoms with van der Waals surface area (Å²) in [5.74, 6) is -0.837. The number of carbonyl (C=O) groups is 2. The lowest BCUT2D eigenvalue weighted by Gasteiger charge is -2.28. The van der Waals surface area contributed by atoms with E-state index in [1.54, 1.807) is 17.0 Å². The molecule has 0 saturated heterocycles. The molecule has 0 bridgehead atoms. The fraction of sp³-hybridized carbons (Fsp3) is 0.267. The minimum atomic E-state index is -4.68. The number of anilines is 1. The van der Waals surface area contributed by atoms with Crippen molar-refractivity contribution >= 4 is 28.5 Å². The Balaban J connectivity index is 1.53. The third kappa shape index (κ3) is 7.85. The van der Waals surface area contributed by atoms with E-state index in [0.717, 1.165) is 33.5 Å². The molecule has 4 rings (SSSR count). The molecular weight excluding hydrogens is 540 g/mol. The molecule has 0 spiro atoms. The number of aromatic amines is 1. The Bertz CT molecular complexity index is 1470. The Morgan fingerprint density at radius 2 is 1.63 bits per heavy atom. The molecule has 0 unspecified atom stereocenters. The maximum absolute atomic E-state index is 13.6. The highest BCUT2D eigenvalue weighted by molar-refractivity contribution is 5.93. The zero-order valence-electron chi connectivity index (χ0n) is 22.4. The highest BCUT2D eigenvalue weighted by atomic mass is 19.4. The fourth-order valence-electron chi connectivity index (χ4n) is 4.45. The molecule has 3 amide bonds. The molecule has 0 saturated carbocycles. The van der Waals surface area contributed by atoms with Crippen LogP contribution in [0.2, 0.25) is 0 Å². The molecule has 7 nitrogen and oxygen atoms in total. The third-order valence-electron chi connectivity index (χ3n) is 6.62. The van der Waals surface area contributed by atoms with Crippen LogP contribution in [-0.4, -0.2) is 60.1 Å². The number of hydrogen-bond acceptors (Lipinski definition) is 3. The van der Waals surface area contributed by atoms with Crippen molar-refractivity contribution in [2.45, 2.75) is 19.1 Å². The van der Waals surface area contributed by atoms with Crippen LogP contribution in [0.5, 0.6) is 0 Å². The largest absolute Gasteiger partial charge is 0.418 e. The SMILES string of the molecule is COCCN(CC(=O)N(CCc1c[nH]c2ccccc12)Cc1ccc(F)cc1)C(=O)Nc1ccccc1C(F)(F)F. The summed E-state index contributed by atoms with van der Waals surface area (Å²) in [5, 5.41) is 3.32. The molecule has 1 aromatic heterocycles. The number of amides is 3. The van der Waals surface area contributed by atoms with Crippen LogP contribution in [0.3, 0.4) is 0 Å². The summed E-state index contributed by atoms with van der Waals surface area (Å²) in [5.41, 5.74) is 1.23. The molecule has 1 heterocycles. The quantitative estimate of drug-likeness (QED) is 0.215. The number of rotatable bonds is 11. The second kappa shape index (κ2) is 13.3. The molecule has 4 aromatic rings. The fourth-order valence-corrected chi connectivity index (χ4v) is 4.45. The average Bonchev–Trinajstić information content (AvgIpc) is 3.37. The van der Waals surface area contributed by atoms with Crippen LogP contribution in [0.25, 0.3) is 10.9 Å². The summed E-state index contributed by atoms with van der Waals surface area (Å²) in [6.07, 6.45) is -2.30. The third-order valence-corrected chi connectivity index (χ3v) is 6.62. The number of urea groups is 1. The Morgan fingerprint density at radius 1 is 0.927 bits per heavy atom. The smallest absolute Gasteiger partial charge is 0.383 e. The van der Waals surface area contributed by atoms with Gasteiger partial charge in [0.15, 0.2) is 0 Å². The topological polar surface area (TPSA) is 77.7 Å². The minimum absolute atomic E-state index is 0.0326. The van der Waals surface area contributed by atoms with Gasteiger partial charge in [-0.25, -0.2) is 9.18 Å². The van der Waals surface area contributed by atoms with Crippen LogP contribution in [0.1, 0.15) is 16.7 Å². The van der Waals surface area contributed by atoms with Crippen LogP contribution in [0, 0.1) is 5.82 Å². The first-order valence-corrected chi connectivity index (χ1v) is 12.9. The van der Waals surface area contributed by atoms with E-state index in [0.29, 0.717) is 12.0 Å². The number of alkyl halides is 3. The molecule has 0 radical (unpaired) electrons. The summed E-state index contributed by atoms with van der Waals surface area (Å²) in [4.78, 5) is 32.6. The second-order valence-electron chi connectivity index (χ2n) is 9.44. The molecule has 0 aliphatic heterocycles. The zero-order chi connectivity index (χ0) is 29.4. The zero-order valence-corrected chi connectivity index (χ0v) is 22.4. The first kappa shape index (κ1) is 29.6. The number of para-hydroxylation sites is 2. The number of aromatic nitrogens is 1. The number of halogens is 4. The Hall–Kier alpha value is -4.38. The molecule has 0 aliphatic carbocycles. The van der Waals surface area contributed by atoms with Gasteiger partial charge in [0.2, 0.25) is 5.91 Å². The maximum Gasteiger partial charge on any atom is 0.418 e. The number of hydrogen-bond donors (Lipinski definition) is 2. The van der Waals surface area contributed by atoms with Gasteiger partial charge in [0, 0.05) is 43.8 Å². The maximum atomic E-state index is 13.6. The summed E-state index contributed by atoms with van der Waals surface area (Å²) in [6, 6.07) is 17.3. The van der Waals surface area contributed by atoms with Gasteiger partial charge in [0.05, 0.1) is 17.9 Å². The van der Waals surface area contributed by atoms with Crippen molar-refractivity contribution in [2.75, 3.05) is 38.7 Å². The number of methoxy groups -OCH3 is 1. The number of carbonyl (C=O) groups excluding carboxylic acids is 2. The summed E-state index contributed by atoms with van der Waals surface area (Å²) >= 11 is 0. The first-order chi connectivity index (χ1) is 19.7.